The van der Waals surface area contributed by atoms with E-state index in [4.69, 9.17) is 9.47 Å². The van der Waals surface area contributed by atoms with Crippen LogP contribution in [0.4, 0.5) is 0 Å². The molecule has 1 unspecified atom stereocenters. The molecule has 1 aromatic carbocycles. The molecule has 1 atom stereocenters. The zero-order chi connectivity index (χ0) is 13.0. The van der Waals surface area contributed by atoms with E-state index in [0.717, 1.165) is 12.3 Å². The average Bonchev–Trinajstić information content (AvgIpc) is 2.87. The van der Waals surface area contributed by atoms with Gasteiger partial charge in [0.1, 0.15) is 6.61 Å². The van der Waals surface area contributed by atoms with Crippen molar-refractivity contribution in [3.8, 4) is 11.5 Å². The molecule has 19 heavy (non-hydrogen) atoms. The molecular formula is C13H18INO3S. The standard InChI is InChI=1S/C13H17NO3S.HI/c1-10(15)13(14-7-8-18-13)9-17-12-6-4-3-5-11(12)16-2;/h3-6,14H,7-9H2,1-2H3;1H. The summed E-state index contributed by atoms with van der Waals surface area (Å²) in [6, 6.07) is 7.44. The van der Waals surface area contributed by atoms with E-state index in [1.54, 1.807) is 25.8 Å². The van der Waals surface area contributed by atoms with E-state index in [2.05, 4.69) is 5.32 Å². The molecule has 0 aliphatic carbocycles. The van der Waals surface area contributed by atoms with Crippen molar-refractivity contribution in [3.63, 3.8) is 0 Å². The van der Waals surface area contributed by atoms with Crippen LogP contribution in [0.1, 0.15) is 6.92 Å². The normalized spacial score (nSPS) is 21.6. The van der Waals surface area contributed by atoms with Crippen molar-refractivity contribution in [2.45, 2.75) is 11.8 Å². The van der Waals surface area contributed by atoms with E-state index in [1.165, 1.54) is 0 Å². The van der Waals surface area contributed by atoms with E-state index < -0.39 is 4.87 Å². The van der Waals surface area contributed by atoms with Crippen molar-refractivity contribution >= 4 is 41.5 Å². The van der Waals surface area contributed by atoms with Crippen molar-refractivity contribution in [2.24, 2.45) is 0 Å². The number of halogens is 1. The summed E-state index contributed by atoms with van der Waals surface area (Å²) in [6.45, 7) is 2.74. The van der Waals surface area contributed by atoms with Crippen molar-refractivity contribution in [1.29, 1.82) is 0 Å². The number of thioether (sulfide) groups is 1. The maximum Gasteiger partial charge on any atom is 0.163 e. The van der Waals surface area contributed by atoms with Gasteiger partial charge in [0.05, 0.1) is 7.11 Å². The summed E-state index contributed by atoms with van der Waals surface area (Å²) in [5.74, 6) is 2.36. The Morgan fingerprint density at radius 2 is 2.11 bits per heavy atom. The number of methoxy groups -OCH3 is 1. The molecule has 0 aromatic heterocycles. The first-order chi connectivity index (χ1) is 8.68. The third-order valence-electron chi connectivity index (χ3n) is 2.93. The van der Waals surface area contributed by atoms with Gasteiger partial charge in [0, 0.05) is 12.3 Å². The first-order valence-corrected chi connectivity index (χ1v) is 6.82. The summed E-state index contributed by atoms with van der Waals surface area (Å²) < 4.78 is 11.0. The van der Waals surface area contributed by atoms with Gasteiger partial charge in [0.2, 0.25) is 0 Å². The Morgan fingerprint density at radius 3 is 2.63 bits per heavy atom. The second kappa shape index (κ2) is 7.35. The maximum absolute atomic E-state index is 11.7. The third-order valence-corrected chi connectivity index (χ3v) is 4.38. The highest BCUT2D eigenvalue weighted by atomic mass is 127. The van der Waals surface area contributed by atoms with Gasteiger partial charge in [-0.05, 0) is 19.1 Å². The molecule has 4 nitrogen and oxygen atoms in total. The predicted octanol–water partition coefficient (Wildman–Crippen LogP) is 2.31. The van der Waals surface area contributed by atoms with Crippen molar-refractivity contribution in [1.82, 2.24) is 5.32 Å². The fourth-order valence-corrected chi connectivity index (χ4v) is 2.97. The molecule has 1 N–H and O–H groups in total. The summed E-state index contributed by atoms with van der Waals surface area (Å²) in [4.78, 5) is 11.1. The van der Waals surface area contributed by atoms with E-state index in [-0.39, 0.29) is 29.8 Å². The molecule has 1 aromatic rings. The maximum atomic E-state index is 11.7. The second-order valence-corrected chi connectivity index (χ2v) is 5.49. The van der Waals surface area contributed by atoms with Crippen LogP contribution in [0, 0.1) is 0 Å². The Labute approximate surface area is 134 Å². The zero-order valence-corrected chi connectivity index (χ0v) is 14.1. The van der Waals surface area contributed by atoms with Gasteiger partial charge in [-0.25, -0.2) is 0 Å². The molecule has 0 radical (unpaired) electrons. The Balaban J connectivity index is 0.00000180. The minimum absolute atomic E-state index is 0. The number of ether oxygens (including phenoxy) is 2. The van der Waals surface area contributed by atoms with Crippen molar-refractivity contribution in [2.75, 3.05) is 26.0 Å². The number of nitrogens with one attached hydrogen (secondary N) is 1. The average molecular weight is 395 g/mol. The highest BCUT2D eigenvalue weighted by molar-refractivity contribution is 14.0. The predicted molar refractivity (Wildman–Crippen MR) is 87.8 cm³/mol. The lowest BCUT2D eigenvalue weighted by Crippen LogP contribution is -2.49. The molecule has 1 fully saturated rings. The fourth-order valence-electron chi connectivity index (χ4n) is 1.87. The minimum Gasteiger partial charge on any atom is -0.493 e. The topological polar surface area (TPSA) is 47.6 Å². The Bertz CT molecular complexity index is 436. The van der Waals surface area contributed by atoms with Crippen molar-refractivity contribution in [3.05, 3.63) is 24.3 Å². The van der Waals surface area contributed by atoms with Gasteiger partial charge in [0.15, 0.2) is 22.2 Å². The number of Topliss-reactive ketones (excluding diaryl/α,β-unsaturated/α-hetero) is 1. The molecule has 106 valence electrons. The van der Waals surface area contributed by atoms with Gasteiger partial charge in [-0.1, -0.05) is 12.1 Å². The van der Waals surface area contributed by atoms with Crippen LogP contribution in [0.25, 0.3) is 0 Å². The number of para-hydroxylation sites is 2. The molecular weight excluding hydrogens is 377 g/mol. The Kier molecular flexibility index (Phi) is 6.41. The fraction of sp³-hybridized carbons (Fsp3) is 0.462. The third kappa shape index (κ3) is 3.76. The molecule has 0 amide bonds. The molecule has 1 aliphatic heterocycles. The Hall–Kier alpha value is -0.470. The summed E-state index contributed by atoms with van der Waals surface area (Å²) in [5, 5.41) is 3.22. The summed E-state index contributed by atoms with van der Waals surface area (Å²) in [6.07, 6.45) is 0. The number of hydrogen-bond donors (Lipinski definition) is 1. The highest BCUT2D eigenvalue weighted by Crippen LogP contribution is 2.32. The van der Waals surface area contributed by atoms with E-state index in [9.17, 15) is 4.79 Å². The lowest BCUT2D eigenvalue weighted by Gasteiger charge is -2.25. The van der Waals surface area contributed by atoms with E-state index in [1.807, 2.05) is 24.3 Å². The highest BCUT2D eigenvalue weighted by Gasteiger charge is 2.40. The molecule has 1 aliphatic rings. The smallest absolute Gasteiger partial charge is 0.163 e. The van der Waals surface area contributed by atoms with Crippen LogP contribution in [-0.2, 0) is 4.79 Å². The van der Waals surface area contributed by atoms with Crippen LogP contribution < -0.4 is 14.8 Å². The summed E-state index contributed by atoms with van der Waals surface area (Å²) >= 11 is 1.60. The molecule has 1 heterocycles. The first-order valence-electron chi connectivity index (χ1n) is 5.84. The number of carbonyl (C=O) groups excluding carboxylic acids is 1. The van der Waals surface area contributed by atoms with Gasteiger partial charge in [-0.3, -0.25) is 10.1 Å². The molecule has 0 saturated carbocycles. The first kappa shape index (κ1) is 16.6. The largest absolute Gasteiger partial charge is 0.493 e. The number of rotatable bonds is 5. The van der Waals surface area contributed by atoms with Gasteiger partial charge < -0.3 is 9.47 Å². The van der Waals surface area contributed by atoms with Crippen LogP contribution in [-0.4, -0.2) is 36.7 Å². The van der Waals surface area contributed by atoms with Crippen LogP contribution in [0.3, 0.4) is 0 Å². The van der Waals surface area contributed by atoms with Gasteiger partial charge >= 0.3 is 0 Å². The van der Waals surface area contributed by atoms with Gasteiger partial charge in [-0.2, -0.15) is 0 Å². The number of carbonyl (C=O) groups is 1. The van der Waals surface area contributed by atoms with Crippen LogP contribution in [0.2, 0.25) is 0 Å². The lowest BCUT2D eigenvalue weighted by atomic mass is 10.2. The SMILES string of the molecule is COc1ccccc1OCC1(C(C)=O)NCCS1.I. The second-order valence-electron chi connectivity index (χ2n) is 4.10. The van der Waals surface area contributed by atoms with E-state index in [0.29, 0.717) is 18.1 Å². The van der Waals surface area contributed by atoms with Crippen LogP contribution in [0.5, 0.6) is 11.5 Å². The molecule has 1 saturated heterocycles. The molecule has 6 heteroatoms. The van der Waals surface area contributed by atoms with E-state index >= 15 is 0 Å². The summed E-state index contributed by atoms with van der Waals surface area (Å²) in [7, 11) is 1.60. The van der Waals surface area contributed by atoms with Gasteiger partial charge in [-0.15, -0.1) is 35.7 Å². The minimum atomic E-state index is -0.610. The molecule has 2 rings (SSSR count). The number of hydrogen-bond acceptors (Lipinski definition) is 5. The summed E-state index contributed by atoms with van der Waals surface area (Å²) in [5.41, 5.74) is 0. The van der Waals surface area contributed by atoms with Crippen LogP contribution >= 0.6 is 35.7 Å². The Morgan fingerprint density at radius 1 is 1.42 bits per heavy atom. The van der Waals surface area contributed by atoms with Crippen LogP contribution in [0.15, 0.2) is 24.3 Å². The van der Waals surface area contributed by atoms with Crippen molar-refractivity contribution < 1.29 is 14.3 Å². The molecule has 0 bridgehead atoms. The zero-order valence-electron chi connectivity index (χ0n) is 11.0. The van der Waals surface area contributed by atoms with Gasteiger partial charge in [0.25, 0.3) is 0 Å². The lowest BCUT2D eigenvalue weighted by molar-refractivity contribution is -0.120. The quantitative estimate of drug-likeness (QED) is 0.776. The molecule has 0 spiro atoms. The number of benzene rings is 1. The number of ketones is 1. The monoisotopic (exact) mass is 395 g/mol.